The number of nitrogens with zero attached hydrogens (tertiary/aromatic N) is 1. The molecule has 0 aromatic heterocycles. The van der Waals surface area contributed by atoms with Crippen LogP contribution in [0.15, 0.2) is 12.7 Å². The topological polar surface area (TPSA) is 38.8 Å². The fourth-order valence-corrected chi connectivity index (χ4v) is 1.67. The summed E-state index contributed by atoms with van der Waals surface area (Å²) in [4.78, 5) is 13.6. The van der Waals surface area contributed by atoms with Crippen molar-refractivity contribution in [3.05, 3.63) is 12.7 Å². The molecule has 1 aliphatic heterocycles. The van der Waals surface area contributed by atoms with Gasteiger partial charge in [-0.15, -0.1) is 6.58 Å². The van der Waals surface area contributed by atoms with E-state index < -0.39 is 11.3 Å². The Bertz CT molecular complexity index is 291. The molecule has 0 radical (unpaired) electrons. The molecule has 0 bridgehead atoms. The lowest BCUT2D eigenvalue weighted by Crippen LogP contribution is -2.49. The van der Waals surface area contributed by atoms with E-state index in [1.165, 1.54) is 0 Å². The van der Waals surface area contributed by atoms with Gasteiger partial charge in [0.25, 0.3) is 0 Å². The second-order valence-electron chi connectivity index (χ2n) is 5.41. The van der Waals surface area contributed by atoms with E-state index in [0.717, 1.165) is 0 Å². The third-order valence-corrected chi connectivity index (χ3v) is 2.38. The Labute approximate surface area is 97.2 Å². The van der Waals surface area contributed by atoms with Crippen molar-refractivity contribution in [2.45, 2.75) is 52.0 Å². The van der Waals surface area contributed by atoms with E-state index in [1.807, 2.05) is 34.6 Å². The molecule has 0 aromatic rings. The summed E-state index contributed by atoms with van der Waals surface area (Å²) in [6.45, 7) is 13.4. The van der Waals surface area contributed by atoms with Crippen LogP contribution < -0.4 is 0 Å². The maximum Gasteiger partial charge on any atom is 0.413 e. The van der Waals surface area contributed by atoms with Gasteiger partial charge in [-0.05, 0) is 34.6 Å². The van der Waals surface area contributed by atoms with Crippen LogP contribution in [0.3, 0.4) is 0 Å². The minimum Gasteiger partial charge on any atom is -0.444 e. The van der Waals surface area contributed by atoms with Crippen LogP contribution in [0.4, 0.5) is 4.79 Å². The van der Waals surface area contributed by atoms with Crippen molar-refractivity contribution in [2.24, 2.45) is 0 Å². The van der Waals surface area contributed by atoms with Crippen molar-refractivity contribution in [1.29, 1.82) is 0 Å². The van der Waals surface area contributed by atoms with Crippen LogP contribution >= 0.6 is 0 Å². The Balaban J connectivity index is 2.83. The average molecular weight is 227 g/mol. The molecule has 0 spiro atoms. The molecule has 1 rings (SSSR count). The molecule has 1 fully saturated rings. The lowest BCUT2D eigenvalue weighted by Gasteiger charge is -2.34. The van der Waals surface area contributed by atoms with Gasteiger partial charge in [0.15, 0.2) is 0 Å². The molecule has 92 valence electrons. The Kier molecular flexibility index (Phi) is 3.33. The van der Waals surface area contributed by atoms with Crippen molar-refractivity contribution in [3.63, 3.8) is 0 Å². The van der Waals surface area contributed by atoms with Crippen LogP contribution in [-0.4, -0.2) is 35.0 Å². The fraction of sp³-hybridized carbons (Fsp3) is 0.750. The summed E-state index contributed by atoms with van der Waals surface area (Å²) in [6, 6.07) is -0.121. The number of hydrogen-bond donors (Lipinski definition) is 0. The first-order valence-corrected chi connectivity index (χ1v) is 5.46. The molecule has 1 atom stereocenters. The summed E-state index contributed by atoms with van der Waals surface area (Å²) in [5, 5.41) is 0. The molecule has 1 heterocycles. The largest absolute Gasteiger partial charge is 0.444 e. The predicted molar refractivity (Wildman–Crippen MR) is 62.1 cm³/mol. The number of carbonyl (C=O) groups is 1. The second kappa shape index (κ2) is 4.09. The zero-order valence-corrected chi connectivity index (χ0v) is 10.7. The molecule has 1 amide bonds. The number of ether oxygens (including phenoxy) is 2. The molecule has 4 nitrogen and oxygen atoms in total. The summed E-state index contributed by atoms with van der Waals surface area (Å²) in [5.41, 5.74) is -1.14. The smallest absolute Gasteiger partial charge is 0.413 e. The highest BCUT2D eigenvalue weighted by Gasteiger charge is 2.44. The van der Waals surface area contributed by atoms with Crippen molar-refractivity contribution in [2.75, 3.05) is 6.61 Å². The standard InChI is InChI=1S/C12H21NO3/c1-7-9-8-15-12(5,6)13(9)10(14)16-11(2,3)4/h7,9H,1,8H2,2-6H3. The van der Waals surface area contributed by atoms with Crippen LogP contribution in [0.2, 0.25) is 0 Å². The number of carbonyl (C=O) groups excluding carboxylic acids is 1. The molecular weight excluding hydrogens is 206 g/mol. The first-order valence-electron chi connectivity index (χ1n) is 5.46. The summed E-state index contributed by atoms with van der Waals surface area (Å²) in [7, 11) is 0. The highest BCUT2D eigenvalue weighted by atomic mass is 16.6. The highest BCUT2D eigenvalue weighted by Crippen LogP contribution is 2.29. The molecule has 0 aromatic carbocycles. The van der Waals surface area contributed by atoms with Gasteiger partial charge >= 0.3 is 6.09 Å². The Morgan fingerprint density at radius 1 is 1.56 bits per heavy atom. The van der Waals surface area contributed by atoms with Crippen molar-refractivity contribution < 1.29 is 14.3 Å². The zero-order chi connectivity index (χ0) is 12.6. The Morgan fingerprint density at radius 2 is 2.12 bits per heavy atom. The Hall–Kier alpha value is -1.03. The zero-order valence-electron chi connectivity index (χ0n) is 10.7. The van der Waals surface area contributed by atoms with Gasteiger partial charge in [-0.25, -0.2) is 4.79 Å². The van der Waals surface area contributed by atoms with Crippen LogP contribution in [0.1, 0.15) is 34.6 Å². The highest BCUT2D eigenvalue weighted by molar-refractivity contribution is 5.70. The van der Waals surface area contributed by atoms with Gasteiger partial charge in [0, 0.05) is 0 Å². The molecule has 0 N–H and O–H groups in total. The normalized spacial score (nSPS) is 24.3. The van der Waals surface area contributed by atoms with Crippen molar-refractivity contribution in [3.8, 4) is 0 Å². The van der Waals surface area contributed by atoms with Crippen LogP contribution in [-0.2, 0) is 9.47 Å². The number of amides is 1. The molecule has 0 saturated carbocycles. The lowest BCUT2D eigenvalue weighted by molar-refractivity contribution is -0.0610. The second-order valence-corrected chi connectivity index (χ2v) is 5.41. The van der Waals surface area contributed by atoms with Gasteiger partial charge in [0.1, 0.15) is 11.3 Å². The monoisotopic (exact) mass is 227 g/mol. The molecule has 0 aliphatic carbocycles. The van der Waals surface area contributed by atoms with E-state index in [-0.39, 0.29) is 12.1 Å². The molecule has 4 heteroatoms. The third-order valence-electron chi connectivity index (χ3n) is 2.38. The Morgan fingerprint density at radius 3 is 2.56 bits per heavy atom. The fourth-order valence-electron chi connectivity index (χ4n) is 1.67. The van der Waals surface area contributed by atoms with E-state index in [4.69, 9.17) is 9.47 Å². The predicted octanol–water partition coefficient (Wildman–Crippen LogP) is 2.54. The van der Waals surface area contributed by atoms with Crippen LogP contribution in [0.5, 0.6) is 0 Å². The summed E-state index contributed by atoms with van der Waals surface area (Å²) in [5.74, 6) is 0. The summed E-state index contributed by atoms with van der Waals surface area (Å²) in [6.07, 6.45) is 1.35. The van der Waals surface area contributed by atoms with Crippen molar-refractivity contribution in [1.82, 2.24) is 4.90 Å². The van der Waals surface area contributed by atoms with E-state index in [9.17, 15) is 4.79 Å². The first kappa shape index (κ1) is 13.0. The molecule has 1 aliphatic rings. The van der Waals surface area contributed by atoms with Crippen LogP contribution in [0.25, 0.3) is 0 Å². The van der Waals surface area contributed by atoms with Crippen LogP contribution in [0, 0.1) is 0 Å². The summed E-state index contributed by atoms with van der Waals surface area (Å²) < 4.78 is 10.9. The average Bonchev–Trinajstić information content (AvgIpc) is 2.37. The van der Waals surface area contributed by atoms with Gasteiger partial charge < -0.3 is 9.47 Å². The quantitative estimate of drug-likeness (QED) is 0.646. The molecule has 16 heavy (non-hydrogen) atoms. The minimum atomic E-state index is -0.638. The maximum absolute atomic E-state index is 12.0. The van der Waals surface area contributed by atoms with Gasteiger partial charge in [-0.1, -0.05) is 6.08 Å². The number of hydrogen-bond acceptors (Lipinski definition) is 3. The lowest BCUT2D eigenvalue weighted by atomic mass is 10.2. The molecular formula is C12H21NO3. The van der Waals surface area contributed by atoms with E-state index >= 15 is 0 Å². The molecule has 1 saturated heterocycles. The van der Waals surface area contributed by atoms with Crippen molar-refractivity contribution >= 4 is 6.09 Å². The SMILES string of the molecule is C=CC1COC(C)(C)N1C(=O)OC(C)(C)C. The van der Waals surface area contributed by atoms with E-state index in [1.54, 1.807) is 11.0 Å². The molecule has 1 unspecified atom stereocenters. The third kappa shape index (κ3) is 2.76. The minimum absolute atomic E-state index is 0.121. The van der Waals surface area contributed by atoms with E-state index in [2.05, 4.69) is 6.58 Å². The van der Waals surface area contributed by atoms with Gasteiger partial charge in [-0.3, -0.25) is 4.90 Å². The summed E-state index contributed by atoms with van der Waals surface area (Å²) >= 11 is 0. The van der Waals surface area contributed by atoms with Gasteiger partial charge in [0.2, 0.25) is 0 Å². The maximum atomic E-state index is 12.0. The van der Waals surface area contributed by atoms with Gasteiger partial charge in [0.05, 0.1) is 12.6 Å². The first-order chi connectivity index (χ1) is 7.17. The van der Waals surface area contributed by atoms with E-state index in [0.29, 0.717) is 6.61 Å². The van der Waals surface area contributed by atoms with Gasteiger partial charge in [-0.2, -0.15) is 0 Å². The number of rotatable bonds is 1.